The van der Waals surface area contributed by atoms with Gasteiger partial charge in [0.05, 0.1) is 8.43 Å². The Kier molecular flexibility index (Phi) is 8.93. The van der Waals surface area contributed by atoms with E-state index < -0.39 is 7.71 Å². The Morgan fingerprint density at radius 1 is 1.38 bits per heavy atom. The third kappa shape index (κ3) is 6.62. The lowest BCUT2D eigenvalue weighted by molar-refractivity contribution is 0.603. The average molecular weight is 284 g/mol. The maximum absolute atomic E-state index is 9.91. The van der Waals surface area contributed by atoms with Gasteiger partial charge in [-0.3, -0.25) is 4.57 Å². The van der Waals surface area contributed by atoms with Gasteiger partial charge in [-0.15, -0.1) is 5.16 Å². The summed E-state index contributed by atoms with van der Waals surface area (Å²) < 4.78 is 9.91. The van der Waals surface area contributed by atoms with Gasteiger partial charge in [-0.1, -0.05) is 8.86 Å². The lowest BCUT2D eigenvalue weighted by Gasteiger charge is -1.86. The minimum Gasteiger partial charge on any atom is -0.340 e. The highest BCUT2D eigenvalue weighted by atomic mass is 31.1. The van der Waals surface area contributed by atoms with Gasteiger partial charge in [-0.2, -0.15) is 0 Å². The summed E-state index contributed by atoms with van der Waals surface area (Å²) in [6, 6.07) is 0. The van der Waals surface area contributed by atoms with Crippen LogP contribution in [0.3, 0.4) is 0 Å². The van der Waals surface area contributed by atoms with E-state index in [1.165, 1.54) is 0 Å². The Hall–Kier alpha value is -0.820. The molecule has 0 fully saturated rings. The fourth-order valence-electron chi connectivity index (χ4n) is 0.494. The lowest BCUT2D eigenvalue weighted by Crippen LogP contribution is -2.00. The fourth-order valence-corrected chi connectivity index (χ4v) is 1.97. The standard InChI is InChI=1S/C9H6NO2P4/c1-16(10)9(13)8(15-12)6-4-2-3-5-7-14-11/h10,12-13H,1H3/q+1. The second kappa shape index (κ2) is 9.41. The molecule has 0 aliphatic carbocycles. The van der Waals surface area contributed by atoms with E-state index in [1.54, 1.807) is 6.66 Å². The van der Waals surface area contributed by atoms with Gasteiger partial charge < -0.3 is 4.89 Å². The smallest absolute Gasteiger partial charge is 0.247 e. The van der Waals surface area contributed by atoms with Crippen LogP contribution < -0.4 is 0 Å². The van der Waals surface area contributed by atoms with Crippen LogP contribution in [-0.2, 0) is 4.57 Å². The first-order valence-corrected chi connectivity index (χ1v) is 7.67. The molecular formula is C9H6NO2P4+. The summed E-state index contributed by atoms with van der Waals surface area (Å²) in [5, 5.41) is 8.47. The molecule has 3 nitrogen and oxygen atoms in total. The molecule has 78 valence electrons. The second-order valence-corrected chi connectivity index (χ2v) is 5.72. The maximum atomic E-state index is 9.91. The van der Waals surface area contributed by atoms with Crippen molar-refractivity contribution in [3.8, 4) is 35.3 Å². The molecule has 0 amide bonds. The largest absolute Gasteiger partial charge is 0.340 e. The predicted molar refractivity (Wildman–Crippen MR) is 74.0 cm³/mol. The second-order valence-electron chi connectivity index (χ2n) is 2.18. The summed E-state index contributed by atoms with van der Waals surface area (Å²) in [5.74, 6) is 12.2. The Morgan fingerprint density at radius 2 is 2.00 bits per heavy atom. The lowest BCUT2D eigenvalue weighted by atomic mass is 10.4. The maximum Gasteiger partial charge on any atom is 0.247 e. The topological polar surface area (TPSA) is 61.2 Å². The van der Waals surface area contributed by atoms with E-state index in [-0.39, 0.29) is 16.9 Å². The molecule has 0 rings (SSSR count). The first-order valence-electron chi connectivity index (χ1n) is 3.72. The van der Waals surface area contributed by atoms with Crippen LogP contribution in [-0.4, -0.2) is 21.9 Å². The summed E-state index contributed by atoms with van der Waals surface area (Å²) in [6.45, 7) is 1.72. The van der Waals surface area contributed by atoms with E-state index in [0.717, 1.165) is 0 Å². The zero-order valence-electron chi connectivity index (χ0n) is 8.20. The number of rotatable bonds is 2. The molecule has 0 aliphatic rings. The molecule has 0 aromatic heterocycles. The van der Waals surface area contributed by atoms with E-state index >= 15 is 0 Å². The molecule has 0 aliphatic heterocycles. The zero-order chi connectivity index (χ0) is 12.4. The molecule has 16 heavy (non-hydrogen) atoms. The summed E-state index contributed by atoms with van der Waals surface area (Å²) in [6.07, 6.45) is 0. The molecule has 0 saturated carbocycles. The Balaban J connectivity index is 4.75. The molecular weight excluding hydrogens is 278 g/mol. The molecule has 0 spiro atoms. The predicted octanol–water partition coefficient (Wildman–Crippen LogP) is 2.42. The van der Waals surface area contributed by atoms with Crippen LogP contribution in [0.1, 0.15) is 0 Å². The molecule has 7 heteroatoms. The summed E-state index contributed by atoms with van der Waals surface area (Å²) in [5.41, 5.74) is 2.22. The summed E-state index contributed by atoms with van der Waals surface area (Å²) in [7, 11) is 1.90. The van der Waals surface area contributed by atoms with Crippen molar-refractivity contribution >= 4 is 43.8 Å². The Labute approximate surface area is 101 Å². The van der Waals surface area contributed by atoms with Crippen LogP contribution in [0.5, 0.6) is 0 Å². The van der Waals surface area contributed by atoms with Gasteiger partial charge in [-0.25, -0.2) is 0 Å². The van der Waals surface area contributed by atoms with E-state index in [0.29, 0.717) is 10.3 Å². The minimum absolute atomic E-state index is 0.00288. The molecule has 1 atom stereocenters. The SMILES string of the molecule is C[P+](=N)C(=P)C(C#CC#CC#CP=O)=PO. The molecule has 0 bridgehead atoms. The van der Waals surface area contributed by atoms with Crippen molar-refractivity contribution < 1.29 is 9.46 Å². The van der Waals surface area contributed by atoms with Crippen LogP contribution >= 0.6 is 33.5 Å². The fraction of sp³-hybridized carbons (Fsp3) is 0.111. The molecule has 0 saturated heterocycles. The van der Waals surface area contributed by atoms with Crippen LogP contribution in [0, 0.1) is 40.4 Å². The van der Waals surface area contributed by atoms with Gasteiger partial charge in [0, 0.05) is 5.66 Å². The van der Waals surface area contributed by atoms with Crippen molar-refractivity contribution in [2.45, 2.75) is 0 Å². The first-order chi connectivity index (χ1) is 7.63. The van der Waals surface area contributed by atoms with Crippen molar-refractivity contribution in [3.63, 3.8) is 0 Å². The monoisotopic (exact) mass is 284 g/mol. The Bertz CT molecular complexity index is 531. The van der Waals surface area contributed by atoms with E-state index in [4.69, 9.17) is 10.1 Å². The van der Waals surface area contributed by atoms with Crippen LogP contribution in [0.25, 0.3) is 0 Å². The molecule has 0 aromatic rings. The van der Waals surface area contributed by atoms with E-state index in [2.05, 4.69) is 44.1 Å². The van der Waals surface area contributed by atoms with Crippen LogP contribution in [0.4, 0.5) is 0 Å². The minimum atomic E-state index is -1.08. The average Bonchev–Trinajstić information content (AvgIpc) is 2.27. The van der Waals surface area contributed by atoms with E-state index in [1.807, 2.05) is 0 Å². The van der Waals surface area contributed by atoms with Crippen molar-refractivity contribution in [1.82, 2.24) is 0 Å². The van der Waals surface area contributed by atoms with Gasteiger partial charge in [0.15, 0.2) is 0 Å². The molecule has 1 unspecified atom stereocenters. The van der Waals surface area contributed by atoms with Crippen molar-refractivity contribution in [2.24, 2.45) is 0 Å². The number of hydrogen-bond donors (Lipinski definition) is 2. The summed E-state index contributed by atoms with van der Waals surface area (Å²) >= 11 is 0. The first kappa shape index (κ1) is 15.2. The van der Waals surface area contributed by atoms with Gasteiger partial charge in [0.1, 0.15) is 12.0 Å². The third-order valence-electron chi connectivity index (χ3n) is 1.13. The van der Waals surface area contributed by atoms with Gasteiger partial charge in [0.25, 0.3) is 0 Å². The molecule has 0 aromatic carbocycles. The number of hydrogen-bond acceptors (Lipinski definition) is 3. The highest BCUT2D eigenvalue weighted by molar-refractivity contribution is 7.80. The highest BCUT2D eigenvalue weighted by Gasteiger charge is 2.14. The quantitative estimate of drug-likeness (QED) is 0.604. The van der Waals surface area contributed by atoms with Gasteiger partial charge in [-0.05, 0) is 29.6 Å². The van der Waals surface area contributed by atoms with Gasteiger partial charge in [0.2, 0.25) is 21.2 Å². The van der Waals surface area contributed by atoms with Crippen molar-refractivity contribution in [2.75, 3.05) is 6.66 Å². The zero-order valence-corrected chi connectivity index (χ0v) is 11.9. The van der Waals surface area contributed by atoms with Gasteiger partial charge >= 0.3 is 0 Å². The van der Waals surface area contributed by atoms with Crippen LogP contribution in [0.2, 0.25) is 0 Å². The summed E-state index contributed by atoms with van der Waals surface area (Å²) in [4.78, 5) is 8.98. The molecule has 0 heterocycles. The molecule has 2 N–H and O–H groups in total. The van der Waals surface area contributed by atoms with Crippen molar-refractivity contribution in [3.05, 3.63) is 0 Å². The Morgan fingerprint density at radius 3 is 2.50 bits per heavy atom. The number of nitrogens with one attached hydrogen (secondary N) is 1. The highest BCUT2D eigenvalue weighted by Crippen LogP contribution is 2.21. The van der Waals surface area contributed by atoms with Crippen LogP contribution in [0.15, 0.2) is 0 Å². The van der Waals surface area contributed by atoms with Crippen molar-refractivity contribution in [1.29, 1.82) is 5.16 Å². The third-order valence-corrected chi connectivity index (χ3v) is 4.41. The normalized spacial score (nSPS) is 9.88. The molecule has 0 radical (unpaired) electrons. The van der Waals surface area contributed by atoms with E-state index in [9.17, 15) is 4.57 Å².